The van der Waals surface area contributed by atoms with E-state index in [-0.39, 0.29) is 10.3 Å². The molecular formula is C18H28N4S2. The molecule has 0 amide bonds. The van der Waals surface area contributed by atoms with Gasteiger partial charge >= 0.3 is 0 Å². The van der Waals surface area contributed by atoms with Crippen molar-refractivity contribution in [2.24, 2.45) is 11.5 Å². The van der Waals surface area contributed by atoms with E-state index in [2.05, 4.69) is 24.3 Å². The van der Waals surface area contributed by atoms with Gasteiger partial charge < -0.3 is 11.5 Å². The monoisotopic (exact) mass is 364 g/mol. The number of hydrogen-bond acceptors (Lipinski definition) is 4. The summed E-state index contributed by atoms with van der Waals surface area (Å²) in [5, 5.41) is 15.7. The molecular weight excluding hydrogens is 336 g/mol. The van der Waals surface area contributed by atoms with Crippen LogP contribution in [0.3, 0.4) is 0 Å². The second-order valence-corrected chi connectivity index (χ2v) is 8.85. The third-order valence-electron chi connectivity index (χ3n) is 4.56. The quantitative estimate of drug-likeness (QED) is 0.462. The first-order valence-electron chi connectivity index (χ1n) is 8.61. The highest BCUT2D eigenvalue weighted by Gasteiger charge is 2.19. The normalized spacial score (nSPS) is 21.7. The van der Waals surface area contributed by atoms with Crippen molar-refractivity contribution in [3.8, 4) is 0 Å². The summed E-state index contributed by atoms with van der Waals surface area (Å²) in [5.74, 6) is 1.49. The molecule has 132 valence electrons. The summed E-state index contributed by atoms with van der Waals surface area (Å²) in [4.78, 5) is 0. The van der Waals surface area contributed by atoms with Crippen LogP contribution >= 0.6 is 23.5 Å². The molecule has 0 saturated heterocycles. The minimum Gasteiger partial charge on any atom is -0.379 e. The zero-order valence-electron chi connectivity index (χ0n) is 14.1. The zero-order valence-corrected chi connectivity index (χ0v) is 15.7. The highest BCUT2D eigenvalue weighted by molar-refractivity contribution is 8.14. The summed E-state index contributed by atoms with van der Waals surface area (Å²) in [5.41, 5.74) is 13.7. The van der Waals surface area contributed by atoms with Gasteiger partial charge in [0.1, 0.15) is 0 Å². The molecule has 0 spiro atoms. The number of nitrogens with one attached hydrogen (secondary N) is 2. The average Bonchev–Trinajstić information content (AvgIpc) is 2.51. The predicted octanol–water partition coefficient (Wildman–Crippen LogP) is 4.29. The van der Waals surface area contributed by atoms with Crippen LogP contribution in [0, 0.1) is 10.8 Å². The number of nitrogens with two attached hydrogens (primary N) is 2. The van der Waals surface area contributed by atoms with E-state index in [1.807, 2.05) is 0 Å². The van der Waals surface area contributed by atoms with Crippen molar-refractivity contribution in [1.29, 1.82) is 10.8 Å². The maximum absolute atomic E-state index is 7.49. The second kappa shape index (κ2) is 9.99. The fourth-order valence-corrected chi connectivity index (χ4v) is 4.76. The van der Waals surface area contributed by atoms with Crippen LogP contribution < -0.4 is 11.5 Å². The van der Waals surface area contributed by atoms with Gasteiger partial charge in [-0.15, -0.1) is 0 Å². The van der Waals surface area contributed by atoms with Crippen LogP contribution in [0.4, 0.5) is 0 Å². The maximum atomic E-state index is 7.49. The van der Waals surface area contributed by atoms with Gasteiger partial charge in [0.25, 0.3) is 0 Å². The summed E-state index contributed by atoms with van der Waals surface area (Å²) < 4.78 is 0. The summed E-state index contributed by atoms with van der Waals surface area (Å²) >= 11 is 2.94. The lowest BCUT2D eigenvalue weighted by atomic mass is 9.85. The van der Waals surface area contributed by atoms with Gasteiger partial charge in [-0.25, -0.2) is 0 Å². The van der Waals surface area contributed by atoms with Crippen molar-refractivity contribution < 1.29 is 0 Å². The summed E-state index contributed by atoms with van der Waals surface area (Å²) in [7, 11) is 0. The molecule has 1 aromatic carbocycles. The van der Waals surface area contributed by atoms with E-state index >= 15 is 0 Å². The Morgan fingerprint density at radius 1 is 0.958 bits per heavy atom. The highest BCUT2D eigenvalue weighted by Crippen LogP contribution is 2.34. The van der Waals surface area contributed by atoms with Crippen molar-refractivity contribution in [2.45, 2.75) is 56.1 Å². The molecule has 1 saturated carbocycles. The number of amidine groups is 2. The van der Waals surface area contributed by atoms with Crippen LogP contribution in [0.1, 0.15) is 55.6 Å². The van der Waals surface area contributed by atoms with Gasteiger partial charge in [-0.05, 0) is 49.1 Å². The SMILES string of the molecule is N=C(N)SCCc1ccc(C2CCCCC(SC(=N)N)CC2)cc1. The first-order chi connectivity index (χ1) is 11.5. The van der Waals surface area contributed by atoms with Gasteiger partial charge in [0.05, 0.1) is 0 Å². The molecule has 2 atom stereocenters. The van der Waals surface area contributed by atoms with Gasteiger partial charge in [-0.3, -0.25) is 10.8 Å². The van der Waals surface area contributed by atoms with Crippen LogP contribution in [-0.2, 0) is 6.42 Å². The van der Waals surface area contributed by atoms with Gasteiger partial charge in [0, 0.05) is 11.0 Å². The van der Waals surface area contributed by atoms with E-state index in [0.29, 0.717) is 11.2 Å². The topological polar surface area (TPSA) is 99.7 Å². The molecule has 1 aliphatic rings. The molecule has 1 aromatic rings. The minimum atomic E-state index is 0.194. The van der Waals surface area contributed by atoms with Crippen molar-refractivity contribution in [3.63, 3.8) is 0 Å². The van der Waals surface area contributed by atoms with Crippen LogP contribution in [0.25, 0.3) is 0 Å². The van der Waals surface area contributed by atoms with Crippen LogP contribution in [0.5, 0.6) is 0 Å². The number of benzene rings is 1. The number of rotatable bonds is 5. The van der Waals surface area contributed by atoms with E-state index in [4.69, 9.17) is 22.3 Å². The first kappa shape index (κ1) is 19.2. The Morgan fingerprint density at radius 2 is 1.67 bits per heavy atom. The van der Waals surface area contributed by atoms with Crippen LogP contribution in [-0.4, -0.2) is 21.3 Å². The molecule has 0 bridgehead atoms. The Hall–Kier alpha value is -1.14. The molecule has 4 nitrogen and oxygen atoms in total. The average molecular weight is 365 g/mol. The fraction of sp³-hybridized carbons (Fsp3) is 0.556. The third kappa shape index (κ3) is 6.77. The van der Waals surface area contributed by atoms with Crippen molar-refractivity contribution in [1.82, 2.24) is 0 Å². The van der Waals surface area contributed by atoms with Crippen molar-refractivity contribution in [2.75, 3.05) is 5.75 Å². The molecule has 0 heterocycles. The lowest BCUT2D eigenvalue weighted by Gasteiger charge is -2.25. The lowest BCUT2D eigenvalue weighted by molar-refractivity contribution is 0.463. The lowest BCUT2D eigenvalue weighted by Crippen LogP contribution is -2.16. The number of aryl methyl sites for hydroxylation is 1. The summed E-state index contributed by atoms with van der Waals surface area (Å²) in [6.07, 6.45) is 8.22. The molecule has 6 N–H and O–H groups in total. The Balaban J connectivity index is 1.89. The molecule has 24 heavy (non-hydrogen) atoms. The zero-order chi connectivity index (χ0) is 17.4. The first-order valence-corrected chi connectivity index (χ1v) is 10.5. The van der Waals surface area contributed by atoms with E-state index in [1.54, 1.807) is 11.8 Å². The molecule has 1 aliphatic carbocycles. The molecule has 0 aliphatic heterocycles. The Bertz CT molecular complexity index is 544. The van der Waals surface area contributed by atoms with Crippen LogP contribution in [0.2, 0.25) is 0 Å². The number of hydrogen-bond donors (Lipinski definition) is 4. The predicted molar refractivity (Wildman–Crippen MR) is 108 cm³/mol. The largest absolute Gasteiger partial charge is 0.379 e. The van der Waals surface area contributed by atoms with Crippen molar-refractivity contribution >= 4 is 33.9 Å². The van der Waals surface area contributed by atoms with Gasteiger partial charge in [-0.2, -0.15) is 0 Å². The summed E-state index contributed by atoms with van der Waals surface area (Å²) in [6.45, 7) is 0. The van der Waals surface area contributed by atoms with Gasteiger partial charge in [-0.1, -0.05) is 60.6 Å². The molecule has 0 radical (unpaired) electrons. The fourth-order valence-electron chi connectivity index (χ4n) is 3.30. The number of thioether (sulfide) groups is 2. The maximum Gasteiger partial charge on any atom is 0.151 e. The third-order valence-corrected chi connectivity index (χ3v) is 6.34. The molecule has 6 heteroatoms. The Morgan fingerprint density at radius 3 is 2.33 bits per heavy atom. The van der Waals surface area contributed by atoms with Gasteiger partial charge in [0.2, 0.25) is 0 Å². The van der Waals surface area contributed by atoms with Gasteiger partial charge in [0.15, 0.2) is 10.3 Å². The molecule has 2 rings (SSSR count). The molecule has 1 fully saturated rings. The molecule has 2 unspecified atom stereocenters. The van der Waals surface area contributed by atoms with E-state index in [0.717, 1.165) is 18.6 Å². The summed E-state index contributed by atoms with van der Waals surface area (Å²) in [6, 6.07) is 8.98. The van der Waals surface area contributed by atoms with E-state index < -0.39 is 0 Å². The van der Waals surface area contributed by atoms with E-state index in [1.165, 1.54) is 55.0 Å². The Kier molecular flexibility index (Phi) is 7.99. The highest BCUT2D eigenvalue weighted by atomic mass is 32.2. The van der Waals surface area contributed by atoms with Crippen LogP contribution in [0.15, 0.2) is 24.3 Å². The standard InChI is InChI=1S/C18H28N4S2/c19-17(20)23-12-11-13-5-7-15(8-6-13)14-3-1-2-4-16(10-9-14)24-18(21)22/h5-8,14,16H,1-4,9-12H2,(H3,19,20)(H3,21,22). The molecule has 0 aromatic heterocycles. The Labute approximate surface area is 153 Å². The van der Waals surface area contributed by atoms with E-state index in [9.17, 15) is 0 Å². The second-order valence-electron chi connectivity index (χ2n) is 6.37. The van der Waals surface area contributed by atoms with Crippen molar-refractivity contribution in [3.05, 3.63) is 35.4 Å². The minimum absolute atomic E-state index is 0.194. The smallest absolute Gasteiger partial charge is 0.151 e.